The minimum absolute atomic E-state index is 0.176. The van der Waals surface area contributed by atoms with Crippen LogP contribution in [0.1, 0.15) is 13.8 Å². The number of aromatic nitrogens is 1. The molecule has 0 unspecified atom stereocenters. The SMILES string of the molecule is CC(C)Oc1ccnc2ccc(Br)cc12. The van der Waals surface area contributed by atoms with Crippen LogP contribution in [0.3, 0.4) is 0 Å². The Balaban J connectivity index is 2.58. The Kier molecular flexibility index (Phi) is 2.91. The van der Waals surface area contributed by atoms with E-state index in [-0.39, 0.29) is 6.10 Å². The number of hydrogen-bond acceptors (Lipinski definition) is 2. The molecule has 2 rings (SSSR count). The first kappa shape index (κ1) is 10.4. The quantitative estimate of drug-likeness (QED) is 0.825. The Morgan fingerprint density at radius 1 is 1.27 bits per heavy atom. The lowest BCUT2D eigenvalue weighted by Crippen LogP contribution is -2.05. The fourth-order valence-electron chi connectivity index (χ4n) is 1.45. The Morgan fingerprint density at radius 3 is 2.80 bits per heavy atom. The van der Waals surface area contributed by atoms with Crippen LogP contribution in [0.2, 0.25) is 0 Å². The number of rotatable bonds is 2. The molecule has 0 aliphatic rings. The highest BCUT2D eigenvalue weighted by Gasteiger charge is 2.04. The van der Waals surface area contributed by atoms with Gasteiger partial charge in [0.2, 0.25) is 0 Å². The number of ether oxygens (including phenoxy) is 1. The van der Waals surface area contributed by atoms with Crippen LogP contribution < -0.4 is 4.74 Å². The molecule has 1 aromatic carbocycles. The van der Waals surface area contributed by atoms with Gasteiger partial charge in [-0.1, -0.05) is 15.9 Å². The van der Waals surface area contributed by atoms with Crippen molar-refractivity contribution in [2.24, 2.45) is 0 Å². The highest BCUT2D eigenvalue weighted by atomic mass is 79.9. The minimum Gasteiger partial charge on any atom is -0.490 e. The average molecular weight is 266 g/mol. The van der Waals surface area contributed by atoms with Gasteiger partial charge in [0.05, 0.1) is 11.6 Å². The molecular weight excluding hydrogens is 254 g/mol. The van der Waals surface area contributed by atoms with Gasteiger partial charge in [0.25, 0.3) is 0 Å². The van der Waals surface area contributed by atoms with Gasteiger partial charge in [-0.25, -0.2) is 0 Å². The largest absolute Gasteiger partial charge is 0.490 e. The molecule has 0 atom stereocenters. The van der Waals surface area contributed by atoms with Crippen molar-refractivity contribution in [1.29, 1.82) is 0 Å². The summed E-state index contributed by atoms with van der Waals surface area (Å²) in [6.07, 6.45) is 1.95. The second kappa shape index (κ2) is 4.19. The van der Waals surface area contributed by atoms with Gasteiger partial charge < -0.3 is 4.74 Å². The van der Waals surface area contributed by atoms with Crippen molar-refractivity contribution in [3.63, 3.8) is 0 Å². The van der Waals surface area contributed by atoms with Crippen molar-refractivity contribution in [3.05, 3.63) is 34.9 Å². The molecule has 0 N–H and O–H groups in total. The molecule has 0 fully saturated rings. The zero-order valence-electron chi connectivity index (χ0n) is 8.70. The van der Waals surface area contributed by atoms with Crippen LogP contribution in [0.5, 0.6) is 5.75 Å². The van der Waals surface area contributed by atoms with Crippen LogP contribution in [0.4, 0.5) is 0 Å². The molecule has 0 amide bonds. The number of halogens is 1. The minimum atomic E-state index is 0.176. The predicted octanol–water partition coefficient (Wildman–Crippen LogP) is 3.78. The number of nitrogens with zero attached hydrogens (tertiary/aromatic N) is 1. The molecule has 0 saturated heterocycles. The van der Waals surface area contributed by atoms with Gasteiger partial charge in [0, 0.05) is 16.1 Å². The van der Waals surface area contributed by atoms with Gasteiger partial charge in [-0.2, -0.15) is 0 Å². The van der Waals surface area contributed by atoms with Crippen molar-refractivity contribution in [2.45, 2.75) is 20.0 Å². The zero-order valence-corrected chi connectivity index (χ0v) is 10.3. The highest BCUT2D eigenvalue weighted by Crippen LogP contribution is 2.27. The van der Waals surface area contributed by atoms with E-state index >= 15 is 0 Å². The van der Waals surface area contributed by atoms with Crippen LogP contribution >= 0.6 is 15.9 Å². The Labute approximate surface area is 97.4 Å². The fraction of sp³-hybridized carbons (Fsp3) is 0.250. The van der Waals surface area contributed by atoms with Gasteiger partial charge in [-0.05, 0) is 38.1 Å². The maximum absolute atomic E-state index is 5.72. The third-order valence-electron chi connectivity index (χ3n) is 2.03. The van der Waals surface area contributed by atoms with Gasteiger partial charge in [0.1, 0.15) is 5.75 Å². The summed E-state index contributed by atoms with van der Waals surface area (Å²) < 4.78 is 6.76. The summed E-state index contributed by atoms with van der Waals surface area (Å²) in [5.41, 5.74) is 0.955. The standard InChI is InChI=1S/C12H12BrNO/c1-8(2)15-12-5-6-14-11-4-3-9(13)7-10(11)12/h3-8H,1-2H3. The molecule has 78 valence electrons. The third-order valence-corrected chi connectivity index (χ3v) is 2.52. The van der Waals surface area contributed by atoms with Crippen molar-refractivity contribution in [1.82, 2.24) is 4.98 Å². The summed E-state index contributed by atoms with van der Waals surface area (Å²) in [7, 11) is 0. The lowest BCUT2D eigenvalue weighted by atomic mass is 10.2. The Hall–Kier alpha value is -1.09. The van der Waals surface area contributed by atoms with Crippen molar-refractivity contribution < 1.29 is 4.74 Å². The van der Waals surface area contributed by atoms with Gasteiger partial charge in [-0.15, -0.1) is 0 Å². The number of benzene rings is 1. The molecule has 1 aromatic heterocycles. The lowest BCUT2D eigenvalue weighted by Gasteiger charge is -2.11. The molecule has 0 aliphatic heterocycles. The maximum atomic E-state index is 5.72. The summed E-state index contributed by atoms with van der Waals surface area (Å²) in [6.45, 7) is 4.04. The molecule has 3 heteroatoms. The summed E-state index contributed by atoms with van der Waals surface area (Å²) in [4.78, 5) is 4.29. The lowest BCUT2D eigenvalue weighted by molar-refractivity contribution is 0.245. The van der Waals surface area contributed by atoms with Crippen molar-refractivity contribution in [3.8, 4) is 5.75 Å². The van der Waals surface area contributed by atoms with Crippen LogP contribution in [-0.4, -0.2) is 11.1 Å². The summed E-state index contributed by atoms with van der Waals surface area (Å²) >= 11 is 3.45. The van der Waals surface area contributed by atoms with Crippen molar-refractivity contribution >= 4 is 26.8 Å². The van der Waals surface area contributed by atoms with Gasteiger partial charge in [-0.3, -0.25) is 4.98 Å². The van der Waals surface area contributed by atoms with Crippen molar-refractivity contribution in [2.75, 3.05) is 0 Å². The molecule has 0 aliphatic carbocycles. The van der Waals surface area contributed by atoms with Crippen LogP contribution in [0.15, 0.2) is 34.9 Å². The molecule has 15 heavy (non-hydrogen) atoms. The van der Waals surface area contributed by atoms with E-state index < -0.39 is 0 Å². The van der Waals surface area contributed by atoms with E-state index in [1.807, 2.05) is 38.1 Å². The van der Waals surface area contributed by atoms with Gasteiger partial charge in [0.15, 0.2) is 0 Å². The summed E-state index contributed by atoms with van der Waals surface area (Å²) in [5.74, 6) is 0.885. The summed E-state index contributed by atoms with van der Waals surface area (Å²) in [6, 6.07) is 7.88. The molecule has 1 heterocycles. The molecule has 0 bridgehead atoms. The fourth-order valence-corrected chi connectivity index (χ4v) is 1.81. The maximum Gasteiger partial charge on any atom is 0.130 e. The van der Waals surface area contributed by atoms with Gasteiger partial charge >= 0.3 is 0 Å². The Morgan fingerprint density at radius 2 is 2.07 bits per heavy atom. The zero-order chi connectivity index (χ0) is 10.8. The van der Waals surface area contributed by atoms with E-state index in [2.05, 4.69) is 20.9 Å². The molecule has 0 radical (unpaired) electrons. The monoisotopic (exact) mass is 265 g/mol. The third kappa shape index (κ3) is 2.29. The second-order valence-electron chi connectivity index (χ2n) is 3.64. The number of pyridine rings is 1. The average Bonchev–Trinajstić information content (AvgIpc) is 2.18. The topological polar surface area (TPSA) is 22.1 Å². The second-order valence-corrected chi connectivity index (χ2v) is 4.55. The molecule has 0 saturated carbocycles. The van der Waals surface area contributed by atoms with E-state index in [0.717, 1.165) is 21.1 Å². The molecular formula is C12H12BrNO. The first-order chi connectivity index (χ1) is 7.16. The Bertz CT molecular complexity index is 482. The first-order valence-electron chi connectivity index (χ1n) is 4.88. The molecule has 2 nitrogen and oxygen atoms in total. The highest BCUT2D eigenvalue weighted by molar-refractivity contribution is 9.10. The molecule has 0 spiro atoms. The van der Waals surface area contributed by atoms with E-state index in [1.165, 1.54) is 0 Å². The number of hydrogen-bond donors (Lipinski definition) is 0. The van der Waals surface area contributed by atoms with E-state index in [9.17, 15) is 0 Å². The van der Waals surface area contributed by atoms with Crippen LogP contribution in [-0.2, 0) is 0 Å². The smallest absolute Gasteiger partial charge is 0.130 e. The molecule has 2 aromatic rings. The van der Waals surface area contributed by atoms with E-state index in [0.29, 0.717) is 0 Å². The normalized spacial score (nSPS) is 10.9. The van der Waals surface area contributed by atoms with Crippen LogP contribution in [0.25, 0.3) is 10.9 Å². The number of fused-ring (bicyclic) bond motifs is 1. The van der Waals surface area contributed by atoms with E-state index in [1.54, 1.807) is 6.20 Å². The first-order valence-corrected chi connectivity index (χ1v) is 5.67. The predicted molar refractivity (Wildman–Crippen MR) is 65.2 cm³/mol. The summed E-state index contributed by atoms with van der Waals surface area (Å²) in [5, 5.41) is 1.04. The van der Waals surface area contributed by atoms with Crippen LogP contribution in [0, 0.1) is 0 Å². The van der Waals surface area contributed by atoms with E-state index in [4.69, 9.17) is 4.74 Å².